The van der Waals surface area contributed by atoms with Crippen molar-refractivity contribution in [3.05, 3.63) is 0 Å². The van der Waals surface area contributed by atoms with Gasteiger partial charge in [-0.15, -0.1) is 0 Å². The SMILES string of the molecule is CC(C)(C)B1C2CCCC1CCC2.[Li]. The molecule has 2 bridgehead atoms. The van der Waals surface area contributed by atoms with Crippen LogP contribution in [0, 0.1) is 0 Å². The van der Waals surface area contributed by atoms with Crippen LogP contribution in [0.3, 0.4) is 0 Å². The van der Waals surface area contributed by atoms with Crippen LogP contribution in [0.25, 0.3) is 0 Å². The smallest absolute Gasteiger partial charge is 0.0667 e. The number of hydrogen-bond acceptors (Lipinski definition) is 0. The zero-order valence-electron chi connectivity index (χ0n) is 10.5. The molecule has 1 radical (unpaired) electrons. The fourth-order valence-electron chi connectivity index (χ4n) is 4.09. The summed E-state index contributed by atoms with van der Waals surface area (Å²) in [6.07, 6.45) is 9.14. The number of rotatable bonds is 0. The fourth-order valence-corrected chi connectivity index (χ4v) is 4.09. The number of hydrogen-bond donors (Lipinski definition) is 0. The van der Waals surface area contributed by atoms with E-state index in [4.69, 9.17) is 0 Å². The first-order valence-electron chi connectivity index (χ1n) is 6.09. The normalized spacial score (nSPS) is 32.4. The van der Waals surface area contributed by atoms with Gasteiger partial charge >= 0.3 is 0 Å². The van der Waals surface area contributed by atoms with Crippen molar-refractivity contribution in [2.75, 3.05) is 0 Å². The van der Waals surface area contributed by atoms with Gasteiger partial charge in [0.1, 0.15) is 0 Å². The largest absolute Gasteiger partial charge is 0.152 e. The summed E-state index contributed by atoms with van der Waals surface area (Å²) in [5.74, 6) is 2.15. The molecule has 0 saturated carbocycles. The van der Waals surface area contributed by atoms with Gasteiger partial charge in [0.15, 0.2) is 6.71 Å². The average molecular weight is 185 g/mol. The summed E-state index contributed by atoms with van der Waals surface area (Å²) in [4.78, 5) is 0. The molecule has 0 unspecified atom stereocenters. The van der Waals surface area contributed by atoms with Gasteiger partial charge in [0.2, 0.25) is 0 Å². The molecule has 2 aliphatic heterocycles. The fraction of sp³-hybridized carbons (Fsp3) is 1.00. The van der Waals surface area contributed by atoms with Crippen LogP contribution < -0.4 is 0 Å². The van der Waals surface area contributed by atoms with E-state index in [1.807, 2.05) is 0 Å². The van der Waals surface area contributed by atoms with Crippen LogP contribution >= 0.6 is 0 Å². The monoisotopic (exact) mass is 185 g/mol. The molecule has 0 aliphatic carbocycles. The van der Waals surface area contributed by atoms with Crippen LogP contribution in [0.5, 0.6) is 0 Å². The Morgan fingerprint density at radius 2 is 1.21 bits per heavy atom. The molecule has 0 aromatic heterocycles. The molecule has 2 rings (SSSR count). The van der Waals surface area contributed by atoms with Crippen LogP contribution in [-0.2, 0) is 0 Å². The Morgan fingerprint density at radius 3 is 1.43 bits per heavy atom. The van der Waals surface area contributed by atoms with Crippen molar-refractivity contribution < 1.29 is 0 Å². The van der Waals surface area contributed by atoms with E-state index in [0.29, 0.717) is 5.31 Å². The van der Waals surface area contributed by atoms with Gasteiger partial charge in [0, 0.05) is 18.9 Å². The quantitative estimate of drug-likeness (QED) is 0.500. The van der Waals surface area contributed by atoms with Gasteiger partial charge < -0.3 is 0 Å². The molecule has 2 heterocycles. The molecule has 75 valence electrons. The van der Waals surface area contributed by atoms with Crippen LogP contribution in [0.2, 0.25) is 16.9 Å². The Bertz CT molecular complexity index is 163. The van der Waals surface area contributed by atoms with Crippen molar-refractivity contribution in [3.8, 4) is 0 Å². The van der Waals surface area contributed by atoms with Gasteiger partial charge in [0.05, 0.1) is 0 Å². The zero-order valence-corrected chi connectivity index (χ0v) is 10.5. The minimum atomic E-state index is 0. The summed E-state index contributed by atoms with van der Waals surface area (Å²) >= 11 is 0. The first-order valence-corrected chi connectivity index (χ1v) is 6.09. The van der Waals surface area contributed by atoms with E-state index in [2.05, 4.69) is 20.8 Å². The Labute approximate surface area is 102 Å². The van der Waals surface area contributed by atoms with Crippen molar-refractivity contribution in [3.63, 3.8) is 0 Å². The zero-order chi connectivity index (χ0) is 9.47. The van der Waals surface area contributed by atoms with E-state index in [1.165, 1.54) is 38.5 Å². The van der Waals surface area contributed by atoms with Crippen LogP contribution in [0.1, 0.15) is 59.3 Å². The Balaban J connectivity index is 0.000000980. The van der Waals surface area contributed by atoms with E-state index in [0.717, 1.165) is 18.3 Å². The van der Waals surface area contributed by atoms with Crippen molar-refractivity contribution in [1.29, 1.82) is 0 Å². The minimum absolute atomic E-state index is 0. The molecule has 2 aliphatic rings. The first-order chi connectivity index (χ1) is 6.09. The second kappa shape index (κ2) is 4.67. The van der Waals surface area contributed by atoms with Crippen molar-refractivity contribution in [1.82, 2.24) is 0 Å². The first kappa shape index (κ1) is 12.7. The molecule has 14 heavy (non-hydrogen) atoms. The van der Waals surface area contributed by atoms with Crippen LogP contribution in [0.4, 0.5) is 0 Å². The predicted molar refractivity (Wildman–Crippen MR) is 66.4 cm³/mol. The molecule has 0 N–H and O–H groups in total. The second-order valence-corrected chi connectivity index (χ2v) is 6.27. The van der Waals surface area contributed by atoms with Gasteiger partial charge in [0.25, 0.3) is 0 Å². The summed E-state index contributed by atoms with van der Waals surface area (Å²) in [6.45, 7) is 8.40. The van der Waals surface area contributed by atoms with Crippen molar-refractivity contribution in [2.45, 2.75) is 76.2 Å². The minimum Gasteiger partial charge on any atom is -0.0667 e. The molecular formula is C12H23BLi. The molecule has 0 amide bonds. The molecule has 2 heteroatoms. The second-order valence-electron chi connectivity index (χ2n) is 6.27. The Hall–Kier alpha value is 0.662. The van der Waals surface area contributed by atoms with Crippen molar-refractivity contribution in [2.24, 2.45) is 0 Å². The topological polar surface area (TPSA) is 0 Å². The molecule has 2 fully saturated rings. The third-order valence-electron chi connectivity index (χ3n) is 4.32. The third kappa shape index (κ3) is 2.42. The Morgan fingerprint density at radius 1 is 0.857 bits per heavy atom. The molecule has 0 spiro atoms. The molecular weight excluding hydrogens is 162 g/mol. The van der Waals surface area contributed by atoms with Gasteiger partial charge in [-0.05, 0) is 0 Å². The van der Waals surface area contributed by atoms with Gasteiger partial charge in [-0.3, -0.25) is 0 Å². The van der Waals surface area contributed by atoms with Gasteiger partial charge in [-0.1, -0.05) is 76.2 Å². The van der Waals surface area contributed by atoms with E-state index in [1.54, 1.807) is 0 Å². The molecule has 0 atom stereocenters. The van der Waals surface area contributed by atoms with Gasteiger partial charge in [-0.2, -0.15) is 0 Å². The van der Waals surface area contributed by atoms with Crippen LogP contribution in [-0.4, -0.2) is 25.6 Å². The summed E-state index contributed by atoms with van der Waals surface area (Å²) in [6, 6.07) is 0. The molecule has 0 aromatic carbocycles. The van der Waals surface area contributed by atoms with E-state index < -0.39 is 0 Å². The maximum absolute atomic E-state index is 2.45. The standard InChI is InChI=1S/C12H23B.Li/c1-12(2,3)13-10-6-4-7-11(13)9-5-8-10;/h10-11H,4-9H2,1-3H3;. The maximum Gasteiger partial charge on any atom is 0.152 e. The van der Waals surface area contributed by atoms with Crippen molar-refractivity contribution >= 4 is 25.6 Å². The average Bonchev–Trinajstić information content (AvgIpc) is 2.01. The summed E-state index contributed by atoms with van der Waals surface area (Å²) < 4.78 is 0. The van der Waals surface area contributed by atoms with E-state index in [9.17, 15) is 0 Å². The molecule has 0 nitrogen and oxygen atoms in total. The van der Waals surface area contributed by atoms with E-state index >= 15 is 0 Å². The molecule has 2 saturated heterocycles. The van der Waals surface area contributed by atoms with E-state index in [-0.39, 0.29) is 18.9 Å². The number of fused-ring (bicyclic) bond motifs is 2. The summed E-state index contributed by atoms with van der Waals surface area (Å²) in [7, 11) is 0. The summed E-state index contributed by atoms with van der Waals surface area (Å²) in [5.41, 5.74) is 0. The molecule has 0 aromatic rings. The van der Waals surface area contributed by atoms with Gasteiger partial charge in [-0.25, -0.2) is 0 Å². The summed E-state index contributed by atoms with van der Waals surface area (Å²) in [5, 5.41) is 0.566. The predicted octanol–water partition coefficient (Wildman–Crippen LogP) is 4.01. The Kier molecular flexibility index (Phi) is 4.24. The third-order valence-corrected chi connectivity index (χ3v) is 4.32. The van der Waals surface area contributed by atoms with Crippen LogP contribution in [0.15, 0.2) is 0 Å². The maximum atomic E-state index is 2.45.